The Hall–Kier alpha value is -0.120. The van der Waals surface area contributed by atoms with E-state index >= 15 is 0 Å². The summed E-state index contributed by atoms with van der Waals surface area (Å²) in [4.78, 5) is 4.87. The first-order valence-corrected chi connectivity index (χ1v) is 6.28. The van der Waals surface area contributed by atoms with Gasteiger partial charge in [-0.2, -0.15) is 0 Å². The number of likely N-dealkylation sites (tertiary alicyclic amines) is 1. The van der Waals surface area contributed by atoms with Crippen LogP contribution in [0.25, 0.3) is 0 Å². The van der Waals surface area contributed by atoms with E-state index in [1.54, 1.807) is 0 Å². The van der Waals surface area contributed by atoms with Crippen molar-refractivity contribution in [2.75, 3.05) is 40.3 Å². The van der Waals surface area contributed by atoms with Gasteiger partial charge in [0.05, 0.1) is 0 Å². The molecular formula is C12H25N3. The summed E-state index contributed by atoms with van der Waals surface area (Å²) in [7, 11) is 4.44. The molecule has 0 amide bonds. The van der Waals surface area contributed by atoms with Crippen molar-refractivity contribution in [3.8, 4) is 0 Å². The highest BCUT2D eigenvalue weighted by Crippen LogP contribution is 2.31. The van der Waals surface area contributed by atoms with Gasteiger partial charge in [-0.3, -0.25) is 0 Å². The van der Waals surface area contributed by atoms with Crippen molar-refractivity contribution in [2.24, 2.45) is 17.6 Å². The lowest BCUT2D eigenvalue weighted by Gasteiger charge is -2.24. The average molecular weight is 211 g/mol. The lowest BCUT2D eigenvalue weighted by atomic mass is 10.1. The standard InChI is InChI=1S/C12H25N3/c1-14-6-5-10(7-14)8-15(2)9-12(13)11-3-4-11/h10-12H,3-9,13H2,1-2H3. The van der Waals surface area contributed by atoms with Gasteiger partial charge in [-0.25, -0.2) is 0 Å². The quantitative estimate of drug-likeness (QED) is 0.723. The summed E-state index contributed by atoms with van der Waals surface area (Å²) in [5.74, 6) is 1.70. The zero-order chi connectivity index (χ0) is 10.8. The van der Waals surface area contributed by atoms with E-state index in [1.807, 2.05) is 0 Å². The molecule has 1 saturated heterocycles. The van der Waals surface area contributed by atoms with Gasteiger partial charge in [0.2, 0.25) is 0 Å². The molecule has 2 aliphatic rings. The molecule has 1 saturated carbocycles. The Bertz CT molecular complexity index is 203. The maximum absolute atomic E-state index is 6.13. The Morgan fingerprint density at radius 2 is 2.13 bits per heavy atom. The molecule has 15 heavy (non-hydrogen) atoms. The molecule has 3 heteroatoms. The third-order valence-electron chi connectivity index (χ3n) is 3.81. The Balaban J connectivity index is 1.65. The zero-order valence-corrected chi connectivity index (χ0v) is 10.2. The largest absolute Gasteiger partial charge is 0.326 e. The minimum Gasteiger partial charge on any atom is -0.326 e. The van der Waals surface area contributed by atoms with Gasteiger partial charge in [0, 0.05) is 25.7 Å². The van der Waals surface area contributed by atoms with Crippen molar-refractivity contribution in [3.05, 3.63) is 0 Å². The molecule has 3 nitrogen and oxygen atoms in total. The van der Waals surface area contributed by atoms with Crippen molar-refractivity contribution in [1.29, 1.82) is 0 Å². The third kappa shape index (κ3) is 3.44. The molecule has 0 aromatic carbocycles. The van der Waals surface area contributed by atoms with Crippen molar-refractivity contribution in [2.45, 2.75) is 25.3 Å². The molecule has 1 heterocycles. The van der Waals surface area contributed by atoms with Crippen LogP contribution in [-0.2, 0) is 0 Å². The summed E-state index contributed by atoms with van der Waals surface area (Å²) < 4.78 is 0. The minimum absolute atomic E-state index is 0.425. The monoisotopic (exact) mass is 211 g/mol. The lowest BCUT2D eigenvalue weighted by molar-refractivity contribution is 0.253. The molecule has 2 unspecified atom stereocenters. The third-order valence-corrected chi connectivity index (χ3v) is 3.81. The van der Waals surface area contributed by atoms with Crippen molar-refractivity contribution >= 4 is 0 Å². The minimum atomic E-state index is 0.425. The van der Waals surface area contributed by atoms with E-state index < -0.39 is 0 Å². The van der Waals surface area contributed by atoms with Crippen LogP contribution in [0.1, 0.15) is 19.3 Å². The lowest BCUT2D eigenvalue weighted by Crippen LogP contribution is -2.39. The zero-order valence-electron chi connectivity index (χ0n) is 10.2. The Kier molecular flexibility index (Phi) is 3.65. The summed E-state index contributed by atoms with van der Waals surface area (Å²) in [6.45, 7) is 4.85. The molecular weight excluding hydrogens is 186 g/mol. The van der Waals surface area contributed by atoms with Crippen molar-refractivity contribution in [1.82, 2.24) is 9.80 Å². The number of hydrogen-bond acceptors (Lipinski definition) is 3. The molecule has 2 atom stereocenters. The van der Waals surface area contributed by atoms with Crippen LogP contribution >= 0.6 is 0 Å². The van der Waals surface area contributed by atoms with Crippen molar-refractivity contribution in [3.63, 3.8) is 0 Å². The van der Waals surface area contributed by atoms with Gasteiger partial charge in [0.1, 0.15) is 0 Å². The van der Waals surface area contributed by atoms with Crippen LogP contribution in [0.2, 0.25) is 0 Å². The number of nitrogens with two attached hydrogens (primary N) is 1. The summed E-state index contributed by atoms with van der Waals surface area (Å²) >= 11 is 0. The summed E-state index contributed by atoms with van der Waals surface area (Å²) in [6.07, 6.45) is 4.09. The maximum atomic E-state index is 6.13. The molecule has 0 spiro atoms. The van der Waals surface area contributed by atoms with Crippen molar-refractivity contribution < 1.29 is 0 Å². The fourth-order valence-corrected chi connectivity index (χ4v) is 2.72. The van der Waals surface area contributed by atoms with Gasteiger partial charge in [-0.05, 0) is 51.7 Å². The Morgan fingerprint density at radius 1 is 1.40 bits per heavy atom. The predicted octanol–water partition coefficient (Wildman–Crippen LogP) is 0.607. The van der Waals surface area contributed by atoms with Crippen LogP contribution in [-0.4, -0.2) is 56.1 Å². The molecule has 0 radical (unpaired) electrons. The summed E-state index contributed by atoms with van der Waals surface area (Å²) in [5.41, 5.74) is 6.13. The topological polar surface area (TPSA) is 32.5 Å². The fraction of sp³-hybridized carbons (Fsp3) is 1.00. The van der Waals surface area contributed by atoms with E-state index in [1.165, 1.54) is 38.9 Å². The molecule has 0 bridgehead atoms. The van der Waals surface area contributed by atoms with E-state index in [0.29, 0.717) is 6.04 Å². The highest BCUT2D eigenvalue weighted by Gasteiger charge is 2.29. The first-order chi connectivity index (χ1) is 7.15. The van der Waals surface area contributed by atoms with E-state index in [-0.39, 0.29) is 0 Å². The molecule has 2 fully saturated rings. The van der Waals surface area contributed by atoms with Crippen LogP contribution in [0.4, 0.5) is 0 Å². The number of rotatable bonds is 5. The number of nitrogens with zero attached hydrogens (tertiary/aromatic N) is 2. The molecule has 2 rings (SSSR count). The van der Waals surface area contributed by atoms with Crippen LogP contribution < -0.4 is 5.73 Å². The van der Waals surface area contributed by atoms with Gasteiger partial charge < -0.3 is 15.5 Å². The second-order valence-corrected chi connectivity index (χ2v) is 5.64. The molecule has 0 aromatic heterocycles. The molecule has 1 aliphatic carbocycles. The van der Waals surface area contributed by atoms with E-state index in [0.717, 1.165) is 18.4 Å². The van der Waals surface area contributed by atoms with Crippen LogP contribution in [0.3, 0.4) is 0 Å². The highest BCUT2D eigenvalue weighted by molar-refractivity contribution is 4.86. The number of hydrogen-bond donors (Lipinski definition) is 1. The van der Waals surface area contributed by atoms with Gasteiger partial charge in [-0.15, -0.1) is 0 Å². The van der Waals surface area contributed by atoms with Gasteiger partial charge in [0.25, 0.3) is 0 Å². The smallest absolute Gasteiger partial charge is 0.0196 e. The van der Waals surface area contributed by atoms with Crippen LogP contribution in [0, 0.1) is 11.8 Å². The second kappa shape index (κ2) is 4.81. The van der Waals surface area contributed by atoms with E-state index in [4.69, 9.17) is 5.73 Å². The molecule has 88 valence electrons. The second-order valence-electron chi connectivity index (χ2n) is 5.64. The van der Waals surface area contributed by atoms with E-state index in [2.05, 4.69) is 23.9 Å². The predicted molar refractivity (Wildman–Crippen MR) is 63.8 cm³/mol. The summed E-state index contributed by atoms with van der Waals surface area (Å²) in [6, 6.07) is 0.425. The van der Waals surface area contributed by atoms with Crippen LogP contribution in [0.15, 0.2) is 0 Å². The Labute approximate surface area is 93.6 Å². The van der Waals surface area contributed by atoms with Crippen LogP contribution in [0.5, 0.6) is 0 Å². The fourth-order valence-electron chi connectivity index (χ4n) is 2.72. The van der Waals surface area contributed by atoms with Gasteiger partial charge >= 0.3 is 0 Å². The summed E-state index contributed by atoms with van der Waals surface area (Å²) in [5, 5.41) is 0. The van der Waals surface area contributed by atoms with Gasteiger partial charge in [-0.1, -0.05) is 0 Å². The SMILES string of the molecule is CN1CCC(CN(C)CC(N)C2CC2)C1. The Morgan fingerprint density at radius 3 is 2.67 bits per heavy atom. The first-order valence-electron chi connectivity index (χ1n) is 6.28. The first kappa shape index (κ1) is 11.4. The van der Waals surface area contributed by atoms with Gasteiger partial charge in [0.15, 0.2) is 0 Å². The molecule has 0 aromatic rings. The average Bonchev–Trinajstić information content (AvgIpc) is 2.92. The highest BCUT2D eigenvalue weighted by atomic mass is 15.2. The number of likely N-dealkylation sites (N-methyl/N-ethyl adjacent to an activating group) is 1. The normalized spacial score (nSPS) is 30.0. The molecule has 1 aliphatic heterocycles. The maximum Gasteiger partial charge on any atom is 0.0196 e. The molecule has 2 N–H and O–H groups in total. The van der Waals surface area contributed by atoms with E-state index in [9.17, 15) is 0 Å².